The second-order valence-electron chi connectivity index (χ2n) is 4.50. The van der Waals surface area contributed by atoms with Crippen LogP contribution in [0.25, 0.3) is 5.65 Å². The molecule has 0 unspecified atom stereocenters. The predicted octanol–water partition coefficient (Wildman–Crippen LogP) is 4.53. The van der Waals surface area contributed by atoms with E-state index in [0.29, 0.717) is 20.8 Å². The van der Waals surface area contributed by atoms with Crippen molar-refractivity contribution in [3.63, 3.8) is 0 Å². The van der Waals surface area contributed by atoms with Gasteiger partial charge in [-0.25, -0.2) is 0 Å². The van der Waals surface area contributed by atoms with E-state index in [4.69, 9.17) is 23.2 Å². The summed E-state index contributed by atoms with van der Waals surface area (Å²) in [5.41, 5.74) is 1.22. The van der Waals surface area contributed by atoms with E-state index in [1.807, 2.05) is 24.3 Å². The molecule has 9 heteroatoms. The number of para-hydroxylation sites is 1. The minimum Gasteiger partial charge on any atom is -0.324 e. The molecule has 3 rings (SSSR count). The van der Waals surface area contributed by atoms with Crippen LogP contribution in [0.15, 0.2) is 46.2 Å². The molecule has 1 N–H and O–H groups in total. The fraction of sp³-hybridized carbons (Fsp3) is 0.0714. The maximum Gasteiger partial charge on any atom is 0.234 e. The van der Waals surface area contributed by atoms with Crippen LogP contribution >= 0.6 is 50.9 Å². The molecule has 2 aromatic heterocycles. The molecule has 0 radical (unpaired) electrons. The van der Waals surface area contributed by atoms with E-state index in [1.165, 1.54) is 11.8 Å². The molecule has 0 aliphatic carbocycles. The van der Waals surface area contributed by atoms with Gasteiger partial charge in [0.25, 0.3) is 0 Å². The third kappa shape index (κ3) is 3.80. The van der Waals surface area contributed by atoms with Crippen LogP contribution in [0.2, 0.25) is 10.0 Å². The monoisotopic (exact) mass is 430 g/mol. The number of carbonyl (C=O) groups is 1. The van der Waals surface area contributed by atoms with Gasteiger partial charge in [-0.05, 0) is 34.1 Å². The highest BCUT2D eigenvalue weighted by atomic mass is 79.9. The van der Waals surface area contributed by atoms with Crippen molar-refractivity contribution >= 4 is 68.1 Å². The van der Waals surface area contributed by atoms with Gasteiger partial charge in [0.05, 0.1) is 21.5 Å². The standard InChI is InChI=1S/C14H9BrCl2N4OS/c15-9-3-1-2-4-11(9)18-12(22)7-23-14-20-19-13-10(17)5-8(16)6-21(13)14/h1-6H,7H2,(H,18,22). The molecule has 0 bridgehead atoms. The maximum absolute atomic E-state index is 12.1. The van der Waals surface area contributed by atoms with Gasteiger partial charge in [0, 0.05) is 10.7 Å². The number of benzene rings is 1. The number of rotatable bonds is 4. The molecule has 0 spiro atoms. The fourth-order valence-electron chi connectivity index (χ4n) is 1.88. The number of hydrogen-bond acceptors (Lipinski definition) is 4. The van der Waals surface area contributed by atoms with Gasteiger partial charge in [-0.3, -0.25) is 9.20 Å². The largest absolute Gasteiger partial charge is 0.324 e. The van der Waals surface area contributed by atoms with Crippen molar-refractivity contribution in [1.82, 2.24) is 14.6 Å². The molecule has 3 aromatic rings. The number of nitrogens with one attached hydrogen (secondary N) is 1. The van der Waals surface area contributed by atoms with Crippen LogP contribution in [0.4, 0.5) is 5.69 Å². The van der Waals surface area contributed by atoms with Crippen LogP contribution in [0.5, 0.6) is 0 Å². The number of fused-ring (bicyclic) bond motifs is 1. The van der Waals surface area contributed by atoms with Gasteiger partial charge in [-0.1, -0.05) is 47.1 Å². The van der Waals surface area contributed by atoms with Gasteiger partial charge in [0.15, 0.2) is 10.8 Å². The molecular weight excluding hydrogens is 423 g/mol. The zero-order valence-corrected chi connectivity index (χ0v) is 15.4. The van der Waals surface area contributed by atoms with Crippen LogP contribution in [0.3, 0.4) is 0 Å². The quantitative estimate of drug-likeness (QED) is 0.616. The van der Waals surface area contributed by atoms with Gasteiger partial charge in [0.2, 0.25) is 5.91 Å². The van der Waals surface area contributed by atoms with Gasteiger partial charge in [-0.15, -0.1) is 10.2 Å². The van der Waals surface area contributed by atoms with E-state index < -0.39 is 0 Å². The van der Waals surface area contributed by atoms with Crippen molar-refractivity contribution in [2.75, 3.05) is 11.1 Å². The van der Waals surface area contributed by atoms with Crippen LogP contribution in [0.1, 0.15) is 0 Å². The lowest BCUT2D eigenvalue weighted by Gasteiger charge is -2.06. The molecule has 0 saturated heterocycles. The Morgan fingerprint density at radius 2 is 2.09 bits per heavy atom. The van der Waals surface area contributed by atoms with Crippen molar-refractivity contribution in [3.8, 4) is 0 Å². The molecule has 118 valence electrons. The van der Waals surface area contributed by atoms with Crippen LogP contribution in [-0.4, -0.2) is 26.3 Å². The Bertz CT molecular complexity index is 886. The first kappa shape index (κ1) is 16.6. The number of anilines is 1. The molecule has 0 atom stereocenters. The zero-order valence-electron chi connectivity index (χ0n) is 11.5. The molecule has 0 saturated carbocycles. The average molecular weight is 432 g/mol. The summed E-state index contributed by atoms with van der Waals surface area (Å²) in [6.07, 6.45) is 1.66. The molecule has 0 aliphatic heterocycles. The maximum atomic E-state index is 12.1. The molecule has 2 heterocycles. The van der Waals surface area contributed by atoms with Crippen molar-refractivity contribution < 1.29 is 4.79 Å². The summed E-state index contributed by atoms with van der Waals surface area (Å²) >= 11 is 16.7. The Kier molecular flexibility index (Phi) is 5.11. The Morgan fingerprint density at radius 1 is 1.30 bits per heavy atom. The fourth-order valence-corrected chi connectivity index (χ4v) is 3.48. The van der Waals surface area contributed by atoms with Gasteiger partial charge in [0.1, 0.15) is 0 Å². The summed E-state index contributed by atoms with van der Waals surface area (Å²) in [6, 6.07) is 9.01. The number of aromatic nitrogens is 3. The summed E-state index contributed by atoms with van der Waals surface area (Å²) in [5, 5.41) is 12.3. The second kappa shape index (κ2) is 7.09. The lowest BCUT2D eigenvalue weighted by Crippen LogP contribution is -2.14. The second-order valence-corrected chi connectivity index (χ2v) is 7.14. The van der Waals surface area contributed by atoms with Crippen molar-refractivity contribution in [2.24, 2.45) is 0 Å². The highest BCUT2D eigenvalue weighted by Crippen LogP contribution is 2.26. The number of thioether (sulfide) groups is 1. The highest BCUT2D eigenvalue weighted by molar-refractivity contribution is 9.10. The first-order chi connectivity index (χ1) is 11.0. The SMILES string of the molecule is O=C(CSc1nnc2c(Cl)cc(Cl)cn12)Nc1ccccc1Br. The summed E-state index contributed by atoms with van der Waals surface area (Å²) in [7, 11) is 0. The van der Waals surface area contributed by atoms with Gasteiger partial charge >= 0.3 is 0 Å². The molecule has 23 heavy (non-hydrogen) atoms. The van der Waals surface area contributed by atoms with Crippen molar-refractivity contribution in [1.29, 1.82) is 0 Å². The Morgan fingerprint density at radius 3 is 2.87 bits per heavy atom. The third-order valence-electron chi connectivity index (χ3n) is 2.88. The van der Waals surface area contributed by atoms with Crippen LogP contribution in [-0.2, 0) is 4.79 Å². The Labute approximate surface area is 154 Å². The normalized spacial score (nSPS) is 10.9. The highest BCUT2D eigenvalue weighted by Gasteiger charge is 2.13. The summed E-state index contributed by atoms with van der Waals surface area (Å²) in [6.45, 7) is 0. The Balaban J connectivity index is 1.71. The zero-order chi connectivity index (χ0) is 16.4. The molecule has 5 nitrogen and oxygen atoms in total. The van der Waals surface area contributed by atoms with Crippen LogP contribution in [0, 0.1) is 0 Å². The molecule has 0 aliphatic rings. The van der Waals surface area contributed by atoms with Crippen LogP contribution < -0.4 is 5.32 Å². The first-order valence-corrected chi connectivity index (χ1v) is 8.95. The summed E-state index contributed by atoms with van der Waals surface area (Å²) in [4.78, 5) is 12.1. The molecule has 1 aromatic carbocycles. The number of nitrogens with zero attached hydrogens (tertiary/aromatic N) is 3. The van der Waals surface area contributed by atoms with E-state index in [0.717, 1.165) is 10.2 Å². The molecule has 0 fully saturated rings. The lowest BCUT2D eigenvalue weighted by molar-refractivity contribution is -0.113. The topological polar surface area (TPSA) is 59.3 Å². The number of carbonyl (C=O) groups excluding carboxylic acids is 1. The lowest BCUT2D eigenvalue weighted by atomic mass is 10.3. The number of amides is 1. The van der Waals surface area contributed by atoms with E-state index in [-0.39, 0.29) is 11.7 Å². The minimum atomic E-state index is -0.147. The number of hydrogen-bond donors (Lipinski definition) is 1. The minimum absolute atomic E-state index is 0.147. The third-order valence-corrected chi connectivity index (χ3v) is 4.99. The smallest absolute Gasteiger partial charge is 0.234 e. The van der Waals surface area contributed by atoms with E-state index in [1.54, 1.807) is 16.7 Å². The van der Waals surface area contributed by atoms with Crippen molar-refractivity contribution in [3.05, 3.63) is 51.0 Å². The number of halogens is 3. The molecular formula is C14H9BrCl2N4OS. The van der Waals surface area contributed by atoms with Gasteiger partial charge in [-0.2, -0.15) is 0 Å². The van der Waals surface area contributed by atoms with E-state index >= 15 is 0 Å². The summed E-state index contributed by atoms with van der Waals surface area (Å²) < 4.78 is 2.49. The Hall–Kier alpha value is -1.28. The van der Waals surface area contributed by atoms with E-state index in [2.05, 4.69) is 31.4 Å². The van der Waals surface area contributed by atoms with E-state index in [9.17, 15) is 4.79 Å². The summed E-state index contributed by atoms with van der Waals surface area (Å²) in [5.74, 6) is 0.0403. The molecule has 1 amide bonds. The predicted molar refractivity (Wildman–Crippen MR) is 96.5 cm³/mol. The number of pyridine rings is 1. The van der Waals surface area contributed by atoms with Gasteiger partial charge < -0.3 is 5.32 Å². The average Bonchev–Trinajstić information content (AvgIpc) is 2.91. The first-order valence-electron chi connectivity index (χ1n) is 6.41. The van der Waals surface area contributed by atoms with Crippen molar-refractivity contribution in [2.45, 2.75) is 5.16 Å².